The number of benzene rings is 1. The monoisotopic (exact) mass is 234 g/mol. The molecule has 0 radical (unpaired) electrons. The lowest BCUT2D eigenvalue weighted by atomic mass is 10.1. The first-order valence-electron chi connectivity index (χ1n) is 5.38. The van der Waals surface area contributed by atoms with Gasteiger partial charge in [0, 0.05) is 5.69 Å². The van der Waals surface area contributed by atoms with Gasteiger partial charge in [-0.1, -0.05) is 12.1 Å². The van der Waals surface area contributed by atoms with Crippen LogP contribution in [0.2, 0.25) is 0 Å². The molecule has 1 atom stereocenters. The van der Waals surface area contributed by atoms with Gasteiger partial charge in [0.2, 0.25) is 0 Å². The summed E-state index contributed by atoms with van der Waals surface area (Å²) >= 11 is 0. The fourth-order valence-corrected chi connectivity index (χ4v) is 1.63. The van der Waals surface area contributed by atoms with Gasteiger partial charge in [-0.25, -0.2) is 4.79 Å². The first kappa shape index (κ1) is 11.4. The Morgan fingerprint density at radius 2 is 2.24 bits per heavy atom. The predicted molar refractivity (Wildman–Crippen MR) is 62.8 cm³/mol. The quantitative estimate of drug-likeness (QED) is 0.811. The molecular weight excluding hydrogens is 220 g/mol. The van der Waals surface area contributed by atoms with Crippen LogP contribution in [0.25, 0.3) is 0 Å². The van der Waals surface area contributed by atoms with Gasteiger partial charge >= 0.3 is 6.09 Å². The van der Waals surface area contributed by atoms with Gasteiger partial charge in [-0.3, -0.25) is 4.79 Å². The molecule has 1 heterocycles. The summed E-state index contributed by atoms with van der Waals surface area (Å²) in [6.07, 6.45) is -0.550. The van der Waals surface area contributed by atoms with E-state index in [0.717, 1.165) is 16.8 Å². The zero-order valence-electron chi connectivity index (χ0n) is 9.74. The summed E-state index contributed by atoms with van der Waals surface area (Å²) in [7, 11) is 0. The van der Waals surface area contributed by atoms with E-state index in [2.05, 4.69) is 15.4 Å². The van der Waals surface area contributed by atoms with E-state index in [9.17, 15) is 9.59 Å². The van der Waals surface area contributed by atoms with Crippen LogP contribution in [-0.4, -0.2) is 24.6 Å². The van der Waals surface area contributed by atoms with Crippen LogP contribution in [0.4, 0.5) is 10.5 Å². The minimum Gasteiger partial charge on any atom is -0.447 e. The van der Waals surface area contributed by atoms with E-state index in [0.29, 0.717) is 0 Å². The Hall–Kier alpha value is -2.04. The van der Waals surface area contributed by atoms with Crippen molar-refractivity contribution < 1.29 is 14.3 Å². The van der Waals surface area contributed by atoms with Crippen LogP contribution in [-0.2, 0) is 9.53 Å². The number of carbonyl (C=O) groups is 2. The topological polar surface area (TPSA) is 67.4 Å². The van der Waals surface area contributed by atoms with Gasteiger partial charge in [-0.2, -0.15) is 0 Å². The number of carbonyl (C=O) groups excluding carboxylic acids is 2. The van der Waals surface area contributed by atoms with Crippen molar-refractivity contribution in [2.45, 2.75) is 19.9 Å². The maximum absolute atomic E-state index is 11.8. The molecule has 1 aliphatic heterocycles. The van der Waals surface area contributed by atoms with Crippen LogP contribution in [0.1, 0.15) is 11.1 Å². The third-order valence-electron chi connectivity index (χ3n) is 2.85. The fourth-order valence-electron chi connectivity index (χ4n) is 1.63. The van der Waals surface area contributed by atoms with Gasteiger partial charge < -0.3 is 15.4 Å². The second kappa shape index (κ2) is 4.45. The average Bonchev–Trinajstić information content (AvgIpc) is 2.72. The van der Waals surface area contributed by atoms with Crippen LogP contribution in [0.5, 0.6) is 0 Å². The Labute approximate surface area is 99.2 Å². The number of cyclic esters (lactones) is 1. The van der Waals surface area contributed by atoms with Gasteiger partial charge in [0.15, 0.2) is 0 Å². The summed E-state index contributed by atoms with van der Waals surface area (Å²) < 4.78 is 4.67. The minimum absolute atomic E-state index is 0.0789. The molecule has 17 heavy (non-hydrogen) atoms. The van der Waals surface area contributed by atoms with Crippen LogP contribution in [0.15, 0.2) is 18.2 Å². The summed E-state index contributed by atoms with van der Waals surface area (Å²) in [4.78, 5) is 22.6. The SMILES string of the molecule is Cc1cccc(NC(=O)C2COC(=O)N2)c1C. The van der Waals surface area contributed by atoms with Crippen molar-refractivity contribution >= 4 is 17.7 Å². The number of anilines is 1. The average molecular weight is 234 g/mol. The minimum atomic E-state index is -0.609. The third-order valence-corrected chi connectivity index (χ3v) is 2.85. The van der Waals surface area contributed by atoms with Gasteiger partial charge in [0.05, 0.1) is 0 Å². The van der Waals surface area contributed by atoms with Gasteiger partial charge in [-0.15, -0.1) is 0 Å². The maximum atomic E-state index is 11.8. The van der Waals surface area contributed by atoms with Gasteiger partial charge in [-0.05, 0) is 31.0 Å². The lowest BCUT2D eigenvalue weighted by Crippen LogP contribution is -2.38. The number of ether oxygens (including phenoxy) is 1. The van der Waals surface area contributed by atoms with Crippen molar-refractivity contribution in [1.82, 2.24) is 5.32 Å². The maximum Gasteiger partial charge on any atom is 0.407 e. The van der Waals surface area contributed by atoms with Crippen molar-refractivity contribution in [3.8, 4) is 0 Å². The number of alkyl carbamates (subject to hydrolysis) is 1. The van der Waals surface area contributed by atoms with Crippen molar-refractivity contribution in [2.24, 2.45) is 0 Å². The van der Waals surface area contributed by atoms with E-state index < -0.39 is 12.1 Å². The van der Waals surface area contributed by atoms with Crippen molar-refractivity contribution in [1.29, 1.82) is 0 Å². The van der Waals surface area contributed by atoms with E-state index in [1.807, 2.05) is 32.0 Å². The largest absolute Gasteiger partial charge is 0.447 e. The fraction of sp³-hybridized carbons (Fsp3) is 0.333. The zero-order valence-corrected chi connectivity index (χ0v) is 9.74. The molecule has 2 rings (SSSR count). The van der Waals surface area contributed by atoms with E-state index in [-0.39, 0.29) is 12.5 Å². The summed E-state index contributed by atoms with van der Waals surface area (Å²) in [5.41, 5.74) is 2.89. The number of rotatable bonds is 2. The number of nitrogens with one attached hydrogen (secondary N) is 2. The van der Waals surface area contributed by atoms with Crippen molar-refractivity contribution in [3.05, 3.63) is 29.3 Å². The molecule has 1 aromatic carbocycles. The Bertz CT molecular complexity index is 471. The molecule has 0 bridgehead atoms. The molecule has 1 unspecified atom stereocenters. The third kappa shape index (κ3) is 2.38. The summed E-state index contributed by atoms with van der Waals surface area (Å²) in [6, 6.07) is 5.08. The Morgan fingerprint density at radius 1 is 1.47 bits per heavy atom. The van der Waals surface area contributed by atoms with Crippen molar-refractivity contribution in [2.75, 3.05) is 11.9 Å². The van der Waals surface area contributed by atoms with Crippen molar-refractivity contribution in [3.63, 3.8) is 0 Å². The Morgan fingerprint density at radius 3 is 2.88 bits per heavy atom. The predicted octanol–water partition coefficient (Wildman–Crippen LogP) is 1.35. The normalized spacial score (nSPS) is 18.5. The molecule has 1 saturated heterocycles. The van der Waals surface area contributed by atoms with Gasteiger partial charge in [0.25, 0.3) is 5.91 Å². The number of hydrogen-bond acceptors (Lipinski definition) is 3. The molecular formula is C12H14N2O3. The molecule has 1 aromatic rings. The molecule has 0 aromatic heterocycles. The summed E-state index contributed by atoms with van der Waals surface area (Å²) in [5.74, 6) is -0.260. The smallest absolute Gasteiger partial charge is 0.407 e. The lowest BCUT2D eigenvalue weighted by molar-refractivity contribution is -0.117. The lowest BCUT2D eigenvalue weighted by Gasteiger charge is -2.12. The summed E-state index contributed by atoms with van der Waals surface area (Å²) in [6.45, 7) is 4.00. The molecule has 1 fully saturated rings. The number of aryl methyl sites for hydroxylation is 1. The van der Waals surface area contributed by atoms with E-state index in [1.54, 1.807) is 0 Å². The highest BCUT2D eigenvalue weighted by molar-refractivity contribution is 5.98. The zero-order chi connectivity index (χ0) is 12.4. The van der Waals surface area contributed by atoms with Crippen LogP contribution in [0.3, 0.4) is 0 Å². The molecule has 0 spiro atoms. The van der Waals surface area contributed by atoms with E-state index in [1.165, 1.54) is 0 Å². The molecule has 1 aliphatic rings. The number of amides is 2. The molecule has 0 aliphatic carbocycles. The molecule has 5 heteroatoms. The van der Waals surface area contributed by atoms with Gasteiger partial charge in [0.1, 0.15) is 12.6 Å². The molecule has 0 saturated carbocycles. The van der Waals surface area contributed by atoms with Crippen LogP contribution < -0.4 is 10.6 Å². The molecule has 5 nitrogen and oxygen atoms in total. The second-order valence-corrected chi connectivity index (χ2v) is 4.03. The van der Waals surface area contributed by atoms with E-state index in [4.69, 9.17) is 0 Å². The highest BCUT2D eigenvalue weighted by atomic mass is 16.6. The molecule has 90 valence electrons. The van der Waals surface area contributed by atoms with Crippen LogP contribution in [0, 0.1) is 13.8 Å². The second-order valence-electron chi connectivity index (χ2n) is 4.03. The first-order valence-corrected chi connectivity index (χ1v) is 5.38. The first-order chi connectivity index (χ1) is 8.08. The number of hydrogen-bond donors (Lipinski definition) is 2. The van der Waals surface area contributed by atoms with E-state index >= 15 is 0 Å². The highest BCUT2D eigenvalue weighted by Crippen LogP contribution is 2.18. The Kier molecular flexibility index (Phi) is 2.99. The summed E-state index contributed by atoms with van der Waals surface area (Å²) in [5, 5.41) is 5.21. The van der Waals surface area contributed by atoms with Crippen LogP contribution >= 0.6 is 0 Å². The highest BCUT2D eigenvalue weighted by Gasteiger charge is 2.28. The standard InChI is InChI=1S/C12H14N2O3/c1-7-4-3-5-9(8(7)2)13-11(15)10-6-17-12(16)14-10/h3-5,10H,6H2,1-2H3,(H,13,15)(H,14,16). The molecule has 2 amide bonds. The molecule has 2 N–H and O–H groups in total. The Balaban J connectivity index is 2.08.